The minimum atomic E-state index is 0.281. The average molecular weight is 563 g/mol. The maximum atomic E-state index is 5.65. The summed E-state index contributed by atoms with van der Waals surface area (Å²) >= 11 is 5.30. The fraction of sp³-hybridized carbons (Fsp3) is 1.00. The van der Waals surface area contributed by atoms with Crippen molar-refractivity contribution in [3.63, 3.8) is 0 Å². The Labute approximate surface area is 97.8 Å². The Hall–Kier alpha value is 2.07. The summed E-state index contributed by atoms with van der Waals surface area (Å²) in [6, 6.07) is 0.562. The van der Waals surface area contributed by atoms with E-state index in [1.807, 2.05) is 0 Å². The molecule has 5 heteroatoms. The molecule has 0 unspecified atom stereocenters. The van der Waals surface area contributed by atoms with Gasteiger partial charge in [-0.2, -0.15) is 0 Å². The van der Waals surface area contributed by atoms with Crippen LogP contribution in [0, 0.1) is 0 Å². The van der Waals surface area contributed by atoms with Gasteiger partial charge in [0, 0.05) is 12.1 Å². The maximum absolute atomic E-state index is 5.65. The molecule has 1 saturated carbocycles. The number of hydrogen-bond donors (Lipinski definition) is 2. The molecule has 11 heavy (non-hydrogen) atoms. The topological polar surface area (TPSA) is 52.0 Å². The van der Waals surface area contributed by atoms with Crippen molar-refractivity contribution in [3.8, 4) is 0 Å². The minimum absolute atomic E-state index is 0.281. The SMILES string of the molecule is N[C@@H]1CCCC[C@H]1N.[I][Pt+2][I]. The van der Waals surface area contributed by atoms with Crippen LogP contribution in [0.25, 0.3) is 0 Å². The molecule has 0 aliphatic heterocycles. The van der Waals surface area contributed by atoms with Crippen LogP contribution in [0.15, 0.2) is 0 Å². The molecular formula is C6H14I2N2Pt+2. The third-order valence-corrected chi connectivity index (χ3v) is 1.87. The second kappa shape index (κ2) is 8.66. The number of rotatable bonds is 0. The molecule has 2 nitrogen and oxygen atoms in total. The van der Waals surface area contributed by atoms with Crippen LogP contribution < -0.4 is 11.5 Å². The van der Waals surface area contributed by atoms with E-state index in [1.54, 1.807) is 0 Å². The summed E-state index contributed by atoms with van der Waals surface area (Å²) in [5.41, 5.74) is 11.3. The van der Waals surface area contributed by atoms with Gasteiger partial charge in [0.25, 0.3) is 0 Å². The fourth-order valence-electron chi connectivity index (χ4n) is 1.19. The van der Waals surface area contributed by atoms with E-state index in [2.05, 4.69) is 38.7 Å². The Balaban J connectivity index is 0.000000292. The van der Waals surface area contributed by atoms with Crippen LogP contribution in [0.5, 0.6) is 0 Å². The Morgan fingerprint density at radius 1 is 1.00 bits per heavy atom. The summed E-state index contributed by atoms with van der Waals surface area (Å²) < 4.78 is 0. The van der Waals surface area contributed by atoms with Gasteiger partial charge in [0.1, 0.15) is 0 Å². The van der Waals surface area contributed by atoms with Crippen molar-refractivity contribution in [2.24, 2.45) is 11.5 Å². The van der Waals surface area contributed by atoms with Gasteiger partial charge < -0.3 is 11.5 Å². The number of halogens is 2. The van der Waals surface area contributed by atoms with Crippen molar-refractivity contribution >= 4 is 38.7 Å². The van der Waals surface area contributed by atoms with Gasteiger partial charge in [0.15, 0.2) is 0 Å². The fourth-order valence-corrected chi connectivity index (χ4v) is 1.19. The molecule has 4 N–H and O–H groups in total. The quantitative estimate of drug-likeness (QED) is 0.444. The third kappa shape index (κ3) is 7.16. The first-order chi connectivity index (χ1) is 5.22. The number of hydrogen-bond acceptors (Lipinski definition) is 2. The monoisotopic (exact) mass is 563 g/mol. The Bertz CT molecular complexity index is 84.7. The van der Waals surface area contributed by atoms with E-state index in [1.165, 1.54) is 12.8 Å². The normalized spacial score (nSPS) is 30.9. The summed E-state index contributed by atoms with van der Waals surface area (Å²) in [5, 5.41) is 0. The van der Waals surface area contributed by atoms with E-state index in [4.69, 9.17) is 11.5 Å². The predicted octanol–water partition coefficient (Wildman–Crippen LogP) is 1.98. The van der Waals surface area contributed by atoms with E-state index in [-0.39, 0.29) is 12.1 Å². The van der Waals surface area contributed by atoms with Crippen molar-refractivity contribution in [1.82, 2.24) is 0 Å². The zero-order valence-corrected chi connectivity index (χ0v) is 12.8. The zero-order chi connectivity index (χ0) is 8.69. The van der Waals surface area contributed by atoms with Gasteiger partial charge in [0.05, 0.1) is 0 Å². The van der Waals surface area contributed by atoms with Crippen LogP contribution in [0.4, 0.5) is 0 Å². The second-order valence-electron chi connectivity index (χ2n) is 2.66. The predicted molar refractivity (Wildman–Crippen MR) is 62.5 cm³/mol. The van der Waals surface area contributed by atoms with Crippen molar-refractivity contribution in [1.29, 1.82) is 0 Å². The van der Waals surface area contributed by atoms with E-state index in [0.717, 1.165) is 12.8 Å². The molecule has 0 aromatic heterocycles. The van der Waals surface area contributed by atoms with Crippen LogP contribution in [0.3, 0.4) is 0 Å². The second-order valence-corrected chi connectivity index (χ2v) is 19.3. The molecule has 0 spiro atoms. The van der Waals surface area contributed by atoms with Crippen LogP contribution >= 0.6 is 38.7 Å². The Morgan fingerprint density at radius 2 is 1.27 bits per heavy atom. The molecule has 0 saturated heterocycles. The van der Waals surface area contributed by atoms with E-state index in [9.17, 15) is 0 Å². The van der Waals surface area contributed by atoms with E-state index < -0.39 is 0 Å². The first-order valence-corrected chi connectivity index (χ1v) is 16.4. The van der Waals surface area contributed by atoms with Gasteiger partial charge in [-0.3, -0.25) is 0 Å². The number of nitrogens with two attached hydrogens (primary N) is 2. The molecule has 0 amide bonds. The molecule has 1 aliphatic rings. The molecule has 2 atom stereocenters. The van der Waals surface area contributed by atoms with Gasteiger partial charge in [0.2, 0.25) is 0 Å². The molecule has 0 heterocycles. The molecular weight excluding hydrogens is 549 g/mol. The Morgan fingerprint density at radius 3 is 1.45 bits per heavy atom. The van der Waals surface area contributed by atoms with Crippen molar-refractivity contribution in [3.05, 3.63) is 0 Å². The van der Waals surface area contributed by atoms with Gasteiger partial charge in [-0.05, 0) is 12.8 Å². The third-order valence-electron chi connectivity index (χ3n) is 1.87. The summed E-state index contributed by atoms with van der Waals surface area (Å²) in [6.45, 7) is 0. The van der Waals surface area contributed by atoms with Crippen molar-refractivity contribution in [2.75, 3.05) is 0 Å². The van der Waals surface area contributed by atoms with Crippen LogP contribution in [0.1, 0.15) is 25.7 Å². The summed E-state index contributed by atoms with van der Waals surface area (Å²) in [5.74, 6) is 0. The van der Waals surface area contributed by atoms with Gasteiger partial charge in [-0.1, -0.05) is 12.8 Å². The molecule has 70 valence electrons. The summed E-state index contributed by atoms with van der Waals surface area (Å²) in [7, 11) is 0. The molecule has 0 bridgehead atoms. The summed E-state index contributed by atoms with van der Waals surface area (Å²) in [4.78, 5) is 0. The van der Waals surface area contributed by atoms with Crippen molar-refractivity contribution < 1.29 is 11.2 Å². The van der Waals surface area contributed by atoms with Gasteiger partial charge in [-0.25, -0.2) is 0 Å². The van der Waals surface area contributed by atoms with Gasteiger partial charge in [-0.15, -0.1) is 0 Å². The molecule has 0 aromatic carbocycles. The first kappa shape index (κ1) is 13.1. The van der Waals surface area contributed by atoms with E-state index >= 15 is 0 Å². The average Bonchev–Trinajstić information content (AvgIpc) is 1.97. The van der Waals surface area contributed by atoms with Crippen LogP contribution in [-0.2, 0) is 11.2 Å². The van der Waals surface area contributed by atoms with Crippen LogP contribution in [-0.4, -0.2) is 12.1 Å². The molecule has 0 aromatic rings. The standard InChI is InChI=1S/C6H14N2.2HI.Pt/c7-5-3-1-2-4-6(5)8;;;/h5-6H,1-4,7-8H2;2*1H;/q;;;+4/p-2/t5-,6-;;;/m1.../s1. The zero-order valence-electron chi connectivity index (χ0n) is 6.21. The first-order valence-electron chi connectivity index (χ1n) is 3.56. The van der Waals surface area contributed by atoms with E-state index in [0.29, 0.717) is 11.2 Å². The molecule has 1 fully saturated rings. The molecule has 0 radical (unpaired) electrons. The summed E-state index contributed by atoms with van der Waals surface area (Å²) in [6.07, 6.45) is 4.80. The Kier molecular flexibility index (Phi) is 10.3. The van der Waals surface area contributed by atoms with Crippen LogP contribution in [0.2, 0.25) is 0 Å². The van der Waals surface area contributed by atoms with Gasteiger partial charge >= 0.3 is 49.9 Å². The molecule has 1 rings (SSSR count). The van der Waals surface area contributed by atoms with Crippen molar-refractivity contribution in [2.45, 2.75) is 37.8 Å². The molecule has 1 aliphatic carbocycles.